The molecule has 0 atom stereocenters. The maximum Gasteiger partial charge on any atom is 0.418 e. The molecule has 0 aliphatic rings. The van der Waals surface area contributed by atoms with E-state index in [0.29, 0.717) is 28.2 Å². The molecule has 0 spiro atoms. The Kier molecular flexibility index (Phi) is 5.79. The number of benzene rings is 4. The molecule has 35 heavy (non-hydrogen) atoms. The van der Waals surface area contributed by atoms with E-state index in [-0.39, 0.29) is 22.2 Å². The summed E-state index contributed by atoms with van der Waals surface area (Å²) in [6.45, 7) is 0. The first-order chi connectivity index (χ1) is 16.9. The molecule has 4 aromatic carbocycles. The second-order valence-corrected chi connectivity index (χ2v) is 7.88. The molecule has 0 aliphatic heterocycles. The quantitative estimate of drug-likeness (QED) is 0.245. The minimum absolute atomic E-state index is 0.208. The number of hydrogen-bond donors (Lipinski definition) is 0. The summed E-state index contributed by atoms with van der Waals surface area (Å²) in [6.07, 6.45) is -3.36. The summed E-state index contributed by atoms with van der Waals surface area (Å²) in [5.74, 6) is 0.773. The largest absolute Gasteiger partial charge is 0.457 e. The number of carbonyl (C=O) groups is 1. The van der Waals surface area contributed by atoms with Crippen molar-refractivity contribution in [3.8, 4) is 22.6 Å². The van der Waals surface area contributed by atoms with E-state index in [2.05, 4.69) is 4.98 Å². The van der Waals surface area contributed by atoms with Gasteiger partial charge in [0.1, 0.15) is 11.5 Å². The van der Waals surface area contributed by atoms with Gasteiger partial charge in [-0.25, -0.2) is 0 Å². The number of ether oxygens (including phenoxy) is 1. The standard InChI is InChI=1S/C29H18F3NO2/c30-29(31,32)25-16-8-15-23-26(20-11-7-14-22(17-20)35-21-12-5-2-6-13-21)24(18-33-27(23)25)28(34)19-9-3-1-4-10-19/h1-18H. The van der Waals surface area contributed by atoms with Crippen molar-refractivity contribution in [1.82, 2.24) is 4.98 Å². The second-order valence-electron chi connectivity index (χ2n) is 7.88. The van der Waals surface area contributed by atoms with Crippen molar-refractivity contribution in [1.29, 1.82) is 0 Å². The Morgan fingerprint density at radius 3 is 2.11 bits per heavy atom. The van der Waals surface area contributed by atoms with Gasteiger partial charge in [-0.3, -0.25) is 9.78 Å². The highest BCUT2D eigenvalue weighted by atomic mass is 19.4. The second kappa shape index (κ2) is 9.06. The van der Waals surface area contributed by atoms with Crippen LogP contribution in [0.15, 0.2) is 109 Å². The monoisotopic (exact) mass is 469 g/mol. The predicted molar refractivity (Wildman–Crippen MR) is 129 cm³/mol. The van der Waals surface area contributed by atoms with Gasteiger partial charge < -0.3 is 4.74 Å². The molecule has 0 radical (unpaired) electrons. The Morgan fingerprint density at radius 1 is 0.743 bits per heavy atom. The fourth-order valence-corrected chi connectivity index (χ4v) is 4.02. The van der Waals surface area contributed by atoms with Gasteiger partial charge in [0.25, 0.3) is 0 Å². The first-order valence-corrected chi connectivity index (χ1v) is 10.8. The normalized spacial score (nSPS) is 11.4. The smallest absolute Gasteiger partial charge is 0.418 e. The van der Waals surface area contributed by atoms with Crippen molar-refractivity contribution in [2.24, 2.45) is 0 Å². The van der Waals surface area contributed by atoms with Crippen molar-refractivity contribution in [2.75, 3.05) is 0 Å². The van der Waals surface area contributed by atoms with Crippen molar-refractivity contribution in [3.05, 3.63) is 126 Å². The van der Waals surface area contributed by atoms with E-state index < -0.39 is 11.7 Å². The number of hydrogen-bond acceptors (Lipinski definition) is 3. The summed E-state index contributed by atoms with van der Waals surface area (Å²) in [6, 6.07) is 28.6. The maximum atomic E-state index is 13.8. The van der Waals surface area contributed by atoms with Crippen LogP contribution in [0, 0.1) is 0 Å². The molecule has 0 aliphatic carbocycles. The average Bonchev–Trinajstić information content (AvgIpc) is 2.88. The van der Waals surface area contributed by atoms with Crippen molar-refractivity contribution >= 4 is 16.7 Å². The van der Waals surface area contributed by atoms with E-state index in [1.807, 2.05) is 18.2 Å². The number of alkyl halides is 3. The molecule has 0 amide bonds. The number of ketones is 1. The molecule has 5 aromatic rings. The van der Waals surface area contributed by atoms with Crippen LogP contribution in [0.1, 0.15) is 21.5 Å². The molecule has 0 fully saturated rings. The van der Waals surface area contributed by atoms with Gasteiger partial charge >= 0.3 is 6.18 Å². The molecule has 3 nitrogen and oxygen atoms in total. The van der Waals surface area contributed by atoms with E-state index in [4.69, 9.17) is 4.74 Å². The van der Waals surface area contributed by atoms with Crippen LogP contribution in [0.2, 0.25) is 0 Å². The molecule has 1 aromatic heterocycles. The molecule has 0 unspecified atom stereocenters. The average molecular weight is 469 g/mol. The van der Waals surface area contributed by atoms with Crippen LogP contribution < -0.4 is 4.74 Å². The van der Waals surface area contributed by atoms with Gasteiger partial charge in [0.15, 0.2) is 5.78 Å². The SMILES string of the molecule is O=C(c1ccccc1)c1cnc2c(C(F)(F)F)cccc2c1-c1cccc(Oc2ccccc2)c1. The highest BCUT2D eigenvalue weighted by molar-refractivity contribution is 6.16. The lowest BCUT2D eigenvalue weighted by Crippen LogP contribution is -2.09. The van der Waals surface area contributed by atoms with Crippen LogP contribution in [-0.4, -0.2) is 10.8 Å². The highest BCUT2D eigenvalue weighted by Crippen LogP contribution is 2.40. The fourth-order valence-electron chi connectivity index (χ4n) is 4.02. The number of pyridine rings is 1. The lowest BCUT2D eigenvalue weighted by molar-refractivity contribution is -0.136. The number of fused-ring (bicyclic) bond motifs is 1. The molecule has 1 heterocycles. The number of carbonyl (C=O) groups excluding carboxylic acids is 1. The minimum atomic E-state index is -4.59. The number of para-hydroxylation sites is 2. The molecule has 5 rings (SSSR count). The molecule has 172 valence electrons. The van der Waals surface area contributed by atoms with Crippen LogP contribution in [-0.2, 0) is 6.18 Å². The number of nitrogens with zero attached hydrogens (tertiary/aromatic N) is 1. The Bertz CT molecular complexity index is 1510. The van der Waals surface area contributed by atoms with Gasteiger partial charge in [0.05, 0.1) is 11.1 Å². The third-order valence-electron chi connectivity index (χ3n) is 5.59. The first kappa shape index (κ1) is 22.3. The Labute approximate surface area is 199 Å². The Balaban J connectivity index is 1.73. The Morgan fingerprint density at radius 2 is 1.40 bits per heavy atom. The third kappa shape index (κ3) is 4.51. The van der Waals surface area contributed by atoms with Crippen LogP contribution in [0.25, 0.3) is 22.0 Å². The van der Waals surface area contributed by atoms with Crippen molar-refractivity contribution in [2.45, 2.75) is 6.18 Å². The van der Waals surface area contributed by atoms with Crippen molar-refractivity contribution < 1.29 is 22.7 Å². The van der Waals surface area contributed by atoms with Crippen LogP contribution >= 0.6 is 0 Å². The zero-order valence-corrected chi connectivity index (χ0v) is 18.3. The third-order valence-corrected chi connectivity index (χ3v) is 5.59. The molecule has 6 heteroatoms. The summed E-state index contributed by atoms with van der Waals surface area (Å²) in [5.41, 5.74) is 0.469. The van der Waals surface area contributed by atoms with Gasteiger partial charge in [-0.2, -0.15) is 13.2 Å². The first-order valence-electron chi connectivity index (χ1n) is 10.8. The molecular weight excluding hydrogens is 451 g/mol. The number of rotatable bonds is 5. The van der Waals surface area contributed by atoms with Crippen molar-refractivity contribution in [3.63, 3.8) is 0 Å². The number of halogens is 3. The topological polar surface area (TPSA) is 39.2 Å². The summed E-state index contributed by atoms with van der Waals surface area (Å²) in [7, 11) is 0. The number of aromatic nitrogens is 1. The van der Waals surface area contributed by atoms with Crippen LogP contribution in [0.4, 0.5) is 13.2 Å². The maximum absolute atomic E-state index is 13.8. The molecular formula is C29H18F3NO2. The summed E-state index contributed by atoms with van der Waals surface area (Å²) < 4.78 is 47.2. The minimum Gasteiger partial charge on any atom is -0.457 e. The highest BCUT2D eigenvalue weighted by Gasteiger charge is 2.34. The van der Waals surface area contributed by atoms with Gasteiger partial charge in [-0.05, 0) is 35.9 Å². The summed E-state index contributed by atoms with van der Waals surface area (Å²) in [4.78, 5) is 17.5. The fraction of sp³-hybridized carbons (Fsp3) is 0.0345. The molecule has 0 saturated carbocycles. The van der Waals surface area contributed by atoms with Gasteiger partial charge in [-0.1, -0.05) is 72.8 Å². The summed E-state index contributed by atoms with van der Waals surface area (Å²) >= 11 is 0. The van der Waals surface area contributed by atoms with E-state index in [1.54, 1.807) is 72.8 Å². The summed E-state index contributed by atoms with van der Waals surface area (Å²) in [5, 5.41) is 0.235. The van der Waals surface area contributed by atoms with Gasteiger partial charge in [-0.15, -0.1) is 0 Å². The van der Waals surface area contributed by atoms with E-state index in [1.165, 1.54) is 12.3 Å². The molecule has 0 N–H and O–H groups in total. The Hall–Kier alpha value is -4.45. The van der Waals surface area contributed by atoms with Gasteiger partial charge in [0.2, 0.25) is 0 Å². The zero-order valence-electron chi connectivity index (χ0n) is 18.3. The van der Waals surface area contributed by atoms with Gasteiger partial charge in [0, 0.05) is 28.3 Å². The predicted octanol–water partition coefficient (Wildman–Crippen LogP) is 7.94. The van der Waals surface area contributed by atoms with E-state index in [0.717, 1.165) is 6.07 Å². The zero-order chi connectivity index (χ0) is 24.4. The van der Waals surface area contributed by atoms with E-state index in [9.17, 15) is 18.0 Å². The molecule has 0 bridgehead atoms. The van der Waals surface area contributed by atoms with Crippen LogP contribution in [0.5, 0.6) is 11.5 Å². The lowest BCUT2D eigenvalue weighted by Gasteiger charge is -2.16. The van der Waals surface area contributed by atoms with Crippen LogP contribution in [0.3, 0.4) is 0 Å². The molecule has 0 saturated heterocycles. The lowest BCUT2D eigenvalue weighted by atomic mass is 9.91. The van der Waals surface area contributed by atoms with E-state index >= 15 is 0 Å².